The number of carbonyl (C=O) groups excluding carboxylic acids is 2. The van der Waals surface area contributed by atoms with Gasteiger partial charge in [0.1, 0.15) is 5.75 Å². The highest BCUT2D eigenvalue weighted by Crippen LogP contribution is 2.42. The predicted octanol–water partition coefficient (Wildman–Crippen LogP) is 5.47. The summed E-state index contributed by atoms with van der Waals surface area (Å²) < 4.78 is 0. The molecule has 0 saturated heterocycles. The number of amides is 2. The fourth-order valence-electron chi connectivity index (χ4n) is 4.91. The minimum Gasteiger partial charge on any atom is -0.507 e. The topological polar surface area (TPSA) is 73.7 Å². The molecule has 1 aromatic heterocycles. The number of carbonyl (C=O) groups is 2. The van der Waals surface area contributed by atoms with Crippen molar-refractivity contribution in [3.8, 4) is 5.75 Å². The van der Waals surface area contributed by atoms with E-state index in [2.05, 4.69) is 4.98 Å². The molecule has 4 aromatic rings. The Morgan fingerprint density at radius 3 is 2.50 bits per heavy atom. The van der Waals surface area contributed by atoms with E-state index in [9.17, 15) is 14.7 Å². The number of aromatic nitrogens is 1. The van der Waals surface area contributed by atoms with Crippen molar-refractivity contribution in [1.29, 1.82) is 0 Å². The number of para-hydroxylation sites is 2. The average Bonchev–Trinajstić information content (AvgIpc) is 2.84. The number of pyridine rings is 1. The summed E-state index contributed by atoms with van der Waals surface area (Å²) in [6, 6.07) is 23.7. The Bertz CT molecular complexity index is 1390. The van der Waals surface area contributed by atoms with Crippen LogP contribution in [0.25, 0.3) is 10.9 Å². The van der Waals surface area contributed by atoms with Crippen LogP contribution in [-0.4, -0.2) is 27.9 Å². The molecule has 2 atom stereocenters. The van der Waals surface area contributed by atoms with Crippen LogP contribution < -0.4 is 9.80 Å². The maximum atomic E-state index is 13.8. The van der Waals surface area contributed by atoms with E-state index in [0.29, 0.717) is 22.9 Å². The first-order chi connectivity index (χ1) is 16.5. The van der Waals surface area contributed by atoms with Crippen molar-refractivity contribution in [1.82, 2.24) is 4.98 Å². The Labute approximate surface area is 198 Å². The van der Waals surface area contributed by atoms with Gasteiger partial charge in [0.15, 0.2) is 0 Å². The number of rotatable bonds is 3. The lowest BCUT2D eigenvalue weighted by Gasteiger charge is -2.43. The summed E-state index contributed by atoms with van der Waals surface area (Å²) in [4.78, 5) is 34.4. The standard InChI is InChI=1S/C28H25N3O3/c1-18-16-26(31(19(2)32)21-8-4-3-5-9-21)22-10-6-7-11-25(22)30(18)28(34)20-12-13-24-23(17-20)27(33)14-15-29-24/h3-15,17-18,26H,16H2,1-2H3,(H,29,33)/t18-,26+/m0/s1. The van der Waals surface area contributed by atoms with Crippen LogP contribution in [-0.2, 0) is 4.79 Å². The summed E-state index contributed by atoms with van der Waals surface area (Å²) in [6.07, 6.45) is 2.13. The molecule has 34 heavy (non-hydrogen) atoms. The van der Waals surface area contributed by atoms with E-state index in [1.165, 1.54) is 12.3 Å². The predicted molar refractivity (Wildman–Crippen MR) is 133 cm³/mol. The number of fused-ring (bicyclic) bond motifs is 2. The highest BCUT2D eigenvalue weighted by atomic mass is 16.3. The molecule has 0 fully saturated rings. The molecular weight excluding hydrogens is 426 g/mol. The zero-order valence-corrected chi connectivity index (χ0v) is 19.1. The monoisotopic (exact) mass is 451 g/mol. The minimum absolute atomic E-state index is 0.0458. The molecule has 5 rings (SSSR count). The number of benzene rings is 3. The molecule has 1 aliphatic rings. The summed E-state index contributed by atoms with van der Waals surface area (Å²) in [6.45, 7) is 3.58. The molecule has 170 valence electrons. The lowest BCUT2D eigenvalue weighted by molar-refractivity contribution is -0.117. The van der Waals surface area contributed by atoms with Gasteiger partial charge in [-0.3, -0.25) is 14.6 Å². The van der Waals surface area contributed by atoms with E-state index in [4.69, 9.17) is 0 Å². The van der Waals surface area contributed by atoms with Gasteiger partial charge < -0.3 is 14.9 Å². The lowest BCUT2D eigenvalue weighted by Crippen LogP contribution is -2.47. The van der Waals surface area contributed by atoms with E-state index < -0.39 is 0 Å². The second-order valence-corrected chi connectivity index (χ2v) is 8.62. The van der Waals surface area contributed by atoms with Crippen LogP contribution in [0, 0.1) is 0 Å². The minimum atomic E-state index is -0.194. The fraction of sp³-hybridized carbons (Fsp3) is 0.179. The summed E-state index contributed by atoms with van der Waals surface area (Å²) in [5.74, 6) is -0.111. The van der Waals surface area contributed by atoms with E-state index in [-0.39, 0.29) is 29.6 Å². The van der Waals surface area contributed by atoms with Crippen LogP contribution in [0.5, 0.6) is 5.75 Å². The third-order valence-corrected chi connectivity index (χ3v) is 6.43. The molecule has 0 radical (unpaired) electrons. The molecule has 0 saturated carbocycles. The van der Waals surface area contributed by atoms with Gasteiger partial charge in [0, 0.05) is 41.5 Å². The van der Waals surface area contributed by atoms with Crippen molar-refractivity contribution in [2.45, 2.75) is 32.4 Å². The number of hydrogen-bond acceptors (Lipinski definition) is 4. The summed E-state index contributed by atoms with van der Waals surface area (Å²) in [5, 5.41) is 10.8. The first kappa shape index (κ1) is 21.6. The fourth-order valence-corrected chi connectivity index (χ4v) is 4.91. The zero-order valence-electron chi connectivity index (χ0n) is 19.1. The normalized spacial score (nSPS) is 17.3. The van der Waals surface area contributed by atoms with Crippen molar-refractivity contribution in [3.63, 3.8) is 0 Å². The molecule has 0 unspecified atom stereocenters. The van der Waals surface area contributed by atoms with Gasteiger partial charge in [0.05, 0.1) is 11.6 Å². The quantitative estimate of drug-likeness (QED) is 0.448. The SMILES string of the molecule is CC(=O)N(c1ccccc1)[C@@H]1C[C@H](C)N(C(=O)c2ccc3nccc(O)c3c2)c2ccccc21. The molecule has 2 amide bonds. The molecule has 0 aliphatic carbocycles. The summed E-state index contributed by atoms with van der Waals surface area (Å²) in [7, 11) is 0. The van der Waals surface area contributed by atoms with Crippen molar-refractivity contribution >= 4 is 34.1 Å². The molecule has 0 bridgehead atoms. The van der Waals surface area contributed by atoms with Gasteiger partial charge in [-0.25, -0.2) is 0 Å². The molecule has 2 heterocycles. The molecule has 0 spiro atoms. The van der Waals surface area contributed by atoms with E-state index in [1.807, 2.05) is 66.4 Å². The smallest absolute Gasteiger partial charge is 0.258 e. The Kier molecular flexibility index (Phi) is 5.49. The van der Waals surface area contributed by atoms with Gasteiger partial charge in [-0.2, -0.15) is 0 Å². The Morgan fingerprint density at radius 2 is 1.74 bits per heavy atom. The van der Waals surface area contributed by atoms with Gasteiger partial charge in [0.2, 0.25) is 5.91 Å². The number of nitrogens with zero attached hydrogens (tertiary/aromatic N) is 3. The second kappa shape index (κ2) is 8.63. The van der Waals surface area contributed by atoms with E-state index >= 15 is 0 Å². The average molecular weight is 452 g/mol. The summed E-state index contributed by atoms with van der Waals surface area (Å²) in [5.41, 5.74) is 3.65. The molecule has 1 N–H and O–H groups in total. The Balaban J connectivity index is 1.58. The number of anilines is 2. The van der Waals surface area contributed by atoms with Gasteiger partial charge in [-0.1, -0.05) is 36.4 Å². The maximum Gasteiger partial charge on any atom is 0.258 e. The van der Waals surface area contributed by atoms with Crippen LogP contribution >= 0.6 is 0 Å². The third-order valence-electron chi connectivity index (χ3n) is 6.43. The lowest BCUT2D eigenvalue weighted by atomic mass is 9.89. The van der Waals surface area contributed by atoms with Crippen LogP contribution in [0.4, 0.5) is 11.4 Å². The van der Waals surface area contributed by atoms with Crippen LogP contribution in [0.2, 0.25) is 0 Å². The zero-order chi connectivity index (χ0) is 23.8. The molecule has 6 heteroatoms. The van der Waals surface area contributed by atoms with Crippen LogP contribution in [0.3, 0.4) is 0 Å². The first-order valence-corrected chi connectivity index (χ1v) is 11.3. The van der Waals surface area contributed by atoms with E-state index in [1.54, 1.807) is 30.0 Å². The largest absolute Gasteiger partial charge is 0.507 e. The van der Waals surface area contributed by atoms with E-state index in [0.717, 1.165) is 16.9 Å². The highest BCUT2D eigenvalue weighted by Gasteiger charge is 2.38. The molecule has 6 nitrogen and oxygen atoms in total. The van der Waals surface area contributed by atoms with Crippen LogP contribution in [0.15, 0.2) is 85.1 Å². The highest BCUT2D eigenvalue weighted by molar-refractivity contribution is 6.09. The Hall–Kier alpha value is -4.19. The molecular formula is C28H25N3O3. The molecule has 3 aromatic carbocycles. The Morgan fingerprint density at radius 1 is 1.00 bits per heavy atom. The van der Waals surface area contributed by atoms with Crippen molar-refractivity contribution in [2.24, 2.45) is 0 Å². The third kappa shape index (κ3) is 3.67. The van der Waals surface area contributed by atoms with Gasteiger partial charge in [0.25, 0.3) is 5.91 Å². The first-order valence-electron chi connectivity index (χ1n) is 11.3. The summed E-state index contributed by atoms with van der Waals surface area (Å²) >= 11 is 0. The maximum absolute atomic E-state index is 13.8. The van der Waals surface area contributed by atoms with Crippen LogP contribution in [0.1, 0.15) is 42.2 Å². The van der Waals surface area contributed by atoms with Crippen molar-refractivity contribution in [3.05, 3.63) is 96.2 Å². The van der Waals surface area contributed by atoms with Gasteiger partial charge in [-0.05, 0) is 61.4 Å². The van der Waals surface area contributed by atoms with Crippen molar-refractivity contribution in [2.75, 3.05) is 9.80 Å². The van der Waals surface area contributed by atoms with Gasteiger partial charge >= 0.3 is 0 Å². The number of hydrogen-bond donors (Lipinski definition) is 1. The number of aromatic hydroxyl groups is 1. The van der Waals surface area contributed by atoms with Crippen molar-refractivity contribution < 1.29 is 14.7 Å². The van der Waals surface area contributed by atoms with Gasteiger partial charge in [-0.15, -0.1) is 0 Å². The molecule has 1 aliphatic heterocycles. The second-order valence-electron chi connectivity index (χ2n) is 8.62.